The highest BCUT2D eigenvalue weighted by molar-refractivity contribution is 6.53. The number of hydrogen-bond donors (Lipinski definition) is 3. The molecule has 0 radical (unpaired) electrons. The van der Waals surface area contributed by atoms with Gasteiger partial charge in [0.15, 0.2) is 5.82 Å². The summed E-state index contributed by atoms with van der Waals surface area (Å²) in [6.45, 7) is 4.62. The molecule has 0 bridgehead atoms. The van der Waals surface area contributed by atoms with Crippen LogP contribution in [-0.2, 0) is 15.7 Å². The van der Waals surface area contributed by atoms with Crippen LogP contribution in [-0.4, -0.2) is 27.8 Å². The van der Waals surface area contributed by atoms with E-state index < -0.39 is 80.2 Å². The molecule has 2 atom stereocenters. The molecule has 3 N–H and O–H groups in total. The van der Waals surface area contributed by atoms with Gasteiger partial charge in [-0.1, -0.05) is 11.6 Å². The van der Waals surface area contributed by atoms with E-state index in [1.165, 1.54) is 12.1 Å². The van der Waals surface area contributed by atoms with E-state index in [9.17, 15) is 36.3 Å². The van der Waals surface area contributed by atoms with Crippen LogP contribution >= 0.6 is 34.8 Å². The molecule has 3 amide bonds. The van der Waals surface area contributed by atoms with Crippen molar-refractivity contribution in [1.82, 2.24) is 0 Å². The SMILES string of the molecule is CC(C)(C)OC(=O)Nc1c(F)ccc(NC(=O)c2cc(NC(=O)[C@@H]3C(c4cc(F)cc(C(F)(F)F)c4)C3(Cl)Cl)ccc2Cl)c1F. The zero-order chi connectivity index (χ0) is 33.6. The number of alkyl halides is 5. The molecule has 7 nitrogen and oxygen atoms in total. The second-order valence-electron chi connectivity index (χ2n) is 10.9. The molecule has 45 heavy (non-hydrogen) atoms. The average Bonchev–Trinajstić information content (AvgIpc) is 3.49. The first-order chi connectivity index (χ1) is 20.7. The van der Waals surface area contributed by atoms with E-state index >= 15 is 4.39 Å². The Morgan fingerprint density at radius 2 is 1.56 bits per heavy atom. The maximum atomic E-state index is 15.1. The molecule has 1 saturated carbocycles. The molecule has 0 spiro atoms. The number of carbonyl (C=O) groups is 3. The third kappa shape index (κ3) is 7.77. The number of carbonyl (C=O) groups excluding carboxylic acids is 3. The lowest BCUT2D eigenvalue weighted by molar-refractivity contribution is -0.137. The van der Waals surface area contributed by atoms with Crippen molar-refractivity contribution in [2.45, 2.75) is 42.8 Å². The Labute approximate surface area is 267 Å². The summed E-state index contributed by atoms with van der Waals surface area (Å²) in [5.41, 5.74) is -4.25. The molecular formula is C29H22Cl3F6N3O4. The van der Waals surface area contributed by atoms with Crippen LogP contribution < -0.4 is 16.0 Å². The van der Waals surface area contributed by atoms with Crippen LogP contribution in [0.15, 0.2) is 48.5 Å². The predicted molar refractivity (Wildman–Crippen MR) is 156 cm³/mol. The molecule has 1 aliphatic rings. The highest BCUT2D eigenvalue weighted by atomic mass is 35.5. The Kier molecular flexibility index (Phi) is 9.31. The van der Waals surface area contributed by atoms with Crippen LogP contribution in [0.3, 0.4) is 0 Å². The molecule has 0 heterocycles. The summed E-state index contributed by atoms with van der Waals surface area (Å²) < 4.78 is 86.0. The second kappa shape index (κ2) is 12.3. The fourth-order valence-electron chi connectivity index (χ4n) is 4.38. The summed E-state index contributed by atoms with van der Waals surface area (Å²) in [5.74, 6) is -8.05. The van der Waals surface area contributed by atoms with Crippen LogP contribution in [0.25, 0.3) is 0 Å². The third-order valence-electron chi connectivity index (χ3n) is 6.39. The first-order valence-corrected chi connectivity index (χ1v) is 14.0. The topological polar surface area (TPSA) is 96.5 Å². The molecule has 16 heteroatoms. The van der Waals surface area contributed by atoms with Gasteiger partial charge in [0.2, 0.25) is 5.91 Å². The number of benzene rings is 3. The van der Waals surface area contributed by atoms with Crippen molar-refractivity contribution in [3.63, 3.8) is 0 Å². The molecule has 1 fully saturated rings. The lowest BCUT2D eigenvalue weighted by atomic mass is 10.0. The van der Waals surface area contributed by atoms with Gasteiger partial charge in [-0.2, -0.15) is 13.2 Å². The molecule has 4 rings (SSSR count). The van der Waals surface area contributed by atoms with E-state index in [-0.39, 0.29) is 21.8 Å². The summed E-state index contributed by atoms with van der Waals surface area (Å²) >= 11 is 18.6. The third-order valence-corrected chi connectivity index (χ3v) is 7.66. The Bertz CT molecular complexity index is 1690. The van der Waals surface area contributed by atoms with Gasteiger partial charge in [-0.15, -0.1) is 23.2 Å². The Hall–Kier alpha value is -3.68. The molecular weight excluding hydrogens is 675 g/mol. The summed E-state index contributed by atoms with van der Waals surface area (Å²) in [7, 11) is 0. The number of hydrogen-bond acceptors (Lipinski definition) is 4. The molecule has 3 aromatic carbocycles. The highest BCUT2D eigenvalue weighted by Crippen LogP contribution is 2.65. The highest BCUT2D eigenvalue weighted by Gasteiger charge is 2.67. The van der Waals surface area contributed by atoms with Gasteiger partial charge in [-0.3, -0.25) is 14.9 Å². The molecule has 1 unspecified atom stereocenters. The molecule has 0 aromatic heterocycles. The molecule has 0 aliphatic heterocycles. The molecule has 240 valence electrons. The Morgan fingerprint density at radius 3 is 2.18 bits per heavy atom. The maximum absolute atomic E-state index is 15.1. The van der Waals surface area contributed by atoms with Crippen molar-refractivity contribution < 1.29 is 45.5 Å². The van der Waals surface area contributed by atoms with Crippen molar-refractivity contribution in [3.8, 4) is 0 Å². The van der Waals surface area contributed by atoms with Gasteiger partial charge in [0.05, 0.1) is 27.8 Å². The molecule has 1 aliphatic carbocycles. The van der Waals surface area contributed by atoms with Crippen molar-refractivity contribution in [2.75, 3.05) is 16.0 Å². The lowest BCUT2D eigenvalue weighted by Crippen LogP contribution is -2.28. The van der Waals surface area contributed by atoms with E-state index in [1.807, 2.05) is 5.32 Å². The molecule has 3 aromatic rings. The summed E-state index contributed by atoms with van der Waals surface area (Å²) in [4.78, 5) is 38.1. The lowest BCUT2D eigenvalue weighted by Gasteiger charge is -2.20. The monoisotopic (exact) mass is 695 g/mol. The van der Waals surface area contributed by atoms with Crippen LogP contribution in [0.1, 0.15) is 48.2 Å². The largest absolute Gasteiger partial charge is 0.444 e. The summed E-state index contributed by atoms with van der Waals surface area (Å²) in [6.07, 6.45) is -6.01. The number of anilines is 3. The van der Waals surface area contributed by atoms with Crippen molar-refractivity contribution in [3.05, 3.63) is 87.7 Å². The van der Waals surface area contributed by atoms with E-state index in [1.54, 1.807) is 20.8 Å². The Balaban J connectivity index is 1.52. The molecule has 0 saturated heterocycles. The van der Waals surface area contributed by atoms with E-state index in [0.717, 1.165) is 24.3 Å². The van der Waals surface area contributed by atoms with Gasteiger partial charge >= 0.3 is 12.3 Å². The van der Waals surface area contributed by atoms with Crippen molar-refractivity contribution >= 4 is 69.8 Å². The minimum atomic E-state index is -4.86. The van der Waals surface area contributed by atoms with Crippen LogP contribution in [0.5, 0.6) is 0 Å². The quantitative estimate of drug-likeness (QED) is 0.177. The zero-order valence-electron chi connectivity index (χ0n) is 23.3. The minimum absolute atomic E-state index is 0.0357. The number of ether oxygens (including phenoxy) is 1. The maximum Gasteiger partial charge on any atom is 0.416 e. The van der Waals surface area contributed by atoms with E-state index in [0.29, 0.717) is 12.1 Å². The predicted octanol–water partition coefficient (Wildman–Crippen LogP) is 8.90. The normalized spacial score (nSPS) is 17.3. The van der Waals surface area contributed by atoms with Crippen LogP contribution in [0, 0.1) is 23.4 Å². The average molecular weight is 697 g/mol. The summed E-state index contributed by atoms with van der Waals surface area (Å²) in [5, 5.41) is 6.43. The van der Waals surface area contributed by atoms with E-state index in [2.05, 4.69) is 10.6 Å². The fraction of sp³-hybridized carbons (Fsp3) is 0.276. The van der Waals surface area contributed by atoms with Gasteiger partial charge in [0.25, 0.3) is 5.91 Å². The minimum Gasteiger partial charge on any atom is -0.444 e. The van der Waals surface area contributed by atoms with E-state index in [4.69, 9.17) is 39.5 Å². The van der Waals surface area contributed by atoms with Crippen molar-refractivity contribution in [2.24, 2.45) is 5.92 Å². The first kappa shape index (κ1) is 34.2. The van der Waals surface area contributed by atoms with Crippen molar-refractivity contribution in [1.29, 1.82) is 0 Å². The van der Waals surface area contributed by atoms with Crippen LogP contribution in [0.2, 0.25) is 5.02 Å². The smallest absolute Gasteiger partial charge is 0.416 e. The first-order valence-electron chi connectivity index (χ1n) is 12.8. The zero-order valence-corrected chi connectivity index (χ0v) is 25.6. The van der Waals surface area contributed by atoms with Crippen LogP contribution in [0.4, 0.5) is 48.2 Å². The number of nitrogens with one attached hydrogen (secondary N) is 3. The number of rotatable bonds is 6. The number of amides is 3. The van der Waals surface area contributed by atoms with Gasteiger partial charge in [0.1, 0.15) is 27.3 Å². The standard InChI is InChI=1S/C29H22Cl3F6N3O4/c1-27(2,3)45-26(44)41-23-18(34)6-7-19(22(23)35)40-24(42)16-11-15(4-5-17(16)30)39-25(43)21-20(28(21,31)32)12-8-13(29(36,37)38)10-14(33)9-12/h4-11,20-21H,1-3H3,(H,39,43)(H,40,42)(H,41,44)/t20?,21-/m0/s1. The second-order valence-corrected chi connectivity index (χ2v) is 12.8. The fourth-order valence-corrected chi connectivity index (χ4v) is 5.41. The van der Waals surface area contributed by atoms with Gasteiger partial charge < -0.3 is 15.4 Å². The van der Waals surface area contributed by atoms with Gasteiger partial charge in [-0.25, -0.2) is 18.0 Å². The van der Waals surface area contributed by atoms with Gasteiger partial charge in [-0.05, 0) is 74.9 Å². The number of halogens is 9. The van der Waals surface area contributed by atoms with Gasteiger partial charge in [0, 0.05) is 11.6 Å². The Morgan fingerprint density at radius 1 is 0.889 bits per heavy atom. The summed E-state index contributed by atoms with van der Waals surface area (Å²) in [6, 6.07) is 7.01.